The summed E-state index contributed by atoms with van der Waals surface area (Å²) in [5.41, 5.74) is 0. The molecule has 78 valence electrons. The van der Waals surface area contributed by atoms with E-state index in [-0.39, 0.29) is 6.61 Å². The predicted molar refractivity (Wildman–Crippen MR) is 54.8 cm³/mol. The van der Waals surface area contributed by atoms with Crippen LogP contribution in [0.25, 0.3) is 0 Å². The van der Waals surface area contributed by atoms with Gasteiger partial charge in [-0.3, -0.25) is 9.80 Å². The molecule has 0 aromatic rings. The smallest absolute Gasteiger partial charge is 0.0558 e. The monoisotopic (exact) mass is 186 g/mol. The number of aliphatic hydroxyl groups excluding tert-OH is 1. The molecule has 0 spiro atoms. The number of hydrogen-bond acceptors (Lipinski definition) is 3. The molecule has 1 unspecified atom stereocenters. The summed E-state index contributed by atoms with van der Waals surface area (Å²) in [6.07, 6.45) is 0. The molecule has 1 aliphatic rings. The van der Waals surface area contributed by atoms with Crippen LogP contribution >= 0.6 is 0 Å². The zero-order valence-electron chi connectivity index (χ0n) is 9.03. The van der Waals surface area contributed by atoms with Gasteiger partial charge in [-0.05, 0) is 20.8 Å². The third-order valence-electron chi connectivity index (χ3n) is 2.84. The fourth-order valence-electron chi connectivity index (χ4n) is 2.16. The second-order valence-electron chi connectivity index (χ2n) is 4.20. The van der Waals surface area contributed by atoms with E-state index in [2.05, 4.69) is 30.6 Å². The lowest BCUT2D eigenvalue weighted by Crippen LogP contribution is -2.54. The molecule has 0 aromatic heterocycles. The van der Waals surface area contributed by atoms with Crippen molar-refractivity contribution in [3.05, 3.63) is 0 Å². The summed E-state index contributed by atoms with van der Waals surface area (Å²) in [5.74, 6) is 0. The SMILES string of the molecule is CC(C)N1CCN(CCO)CC1C. The Morgan fingerprint density at radius 3 is 2.54 bits per heavy atom. The van der Waals surface area contributed by atoms with Crippen LogP contribution in [0.3, 0.4) is 0 Å². The van der Waals surface area contributed by atoms with Crippen molar-refractivity contribution in [2.24, 2.45) is 0 Å². The van der Waals surface area contributed by atoms with Gasteiger partial charge in [0.1, 0.15) is 0 Å². The lowest BCUT2D eigenvalue weighted by molar-refractivity contribution is 0.0514. The maximum absolute atomic E-state index is 8.82. The molecule has 0 bridgehead atoms. The van der Waals surface area contributed by atoms with Crippen molar-refractivity contribution in [1.82, 2.24) is 9.80 Å². The Morgan fingerprint density at radius 1 is 1.38 bits per heavy atom. The van der Waals surface area contributed by atoms with Crippen LogP contribution in [-0.4, -0.2) is 59.8 Å². The lowest BCUT2D eigenvalue weighted by Gasteiger charge is -2.41. The molecule has 1 N–H and O–H groups in total. The van der Waals surface area contributed by atoms with Crippen LogP contribution in [-0.2, 0) is 0 Å². The van der Waals surface area contributed by atoms with Gasteiger partial charge < -0.3 is 5.11 Å². The van der Waals surface area contributed by atoms with Gasteiger partial charge in [0, 0.05) is 38.3 Å². The maximum Gasteiger partial charge on any atom is 0.0558 e. The van der Waals surface area contributed by atoms with Gasteiger partial charge in [-0.2, -0.15) is 0 Å². The number of β-amino-alcohol motifs (C(OH)–C–C–N with tert-alkyl or cyclic N) is 1. The zero-order valence-corrected chi connectivity index (χ0v) is 9.03. The molecule has 1 fully saturated rings. The molecule has 1 saturated heterocycles. The molecule has 3 nitrogen and oxygen atoms in total. The quantitative estimate of drug-likeness (QED) is 0.691. The summed E-state index contributed by atoms with van der Waals surface area (Å²) in [7, 11) is 0. The third kappa shape index (κ3) is 2.93. The lowest BCUT2D eigenvalue weighted by atomic mass is 10.1. The zero-order chi connectivity index (χ0) is 9.84. The summed E-state index contributed by atoms with van der Waals surface area (Å²) in [6, 6.07) is 1.27. The topological polar surface area (TPSA) is 26.7 Å². The number of aliphatic hydroxyl groups is 1. The minimum absolute atomic E-state index is 0.286. The van der Waals surface area contributed by atoms with Gasteiger partial charge in [0.25, 0.3) is 0 Å². The first-order valence-electron chi connectivity index (χ1n) is 5.24. The van der Waals surface area contributed by atoms with E-state index < -0.39 is 0 Å². The highest BCUT2D eigenvalue weighted by molar-refractivity contribution is 4.80. The molecule has 13 heavy (non-hydrogen) atoms. The van der Waals surface area contributed by atoms with Crippen LogP contribution in [0.1, 0.15) is 20.8 Å². The number of nitrogens with zero attached hydrogens (tertiary/aromatic N) is 2. The number of piperazine rings is 1. The molecule has 0 aromatic carbocycles. The fraction of sp³-hybridized carbons (Fsp3) is 1.00. The molecular formula is C10H22N2O. The average molecular weight is 186 g/mol. The highest BCUT2D eigenvalue weighted by atomic mass is 16.3. The molecule has 1 heterocycles. The summed E-state index contributed by atoms with van der Waals surface area (Å²) < 4.78 is 0. The van der Waals surface area contributed by atoms with E-state index in [1.54, 1.807) is 0 Å². The number of rotatable bonds is 3. The van der Waals surface area contributed by atoms with Gasteiger partial charge in [0.15, 0.2) is 0 Å². The van der Waals surface area contributed by atoms with Gasteiger partial charge in [0.2, 0.25) is 0 Å². The summed E-state index contributed by atoms with van der Waals surface area (Å²) >= 11 is 0. The van der Waals surface area contributed by atoms with Crippen molar-refractivity contribution < 1.29 is 5.11 Å². The second kappa shape index (κ2) is 4.94. The predicted octanol–water partition coefficient (Wildman–Crippen LogP) is 0.393. The van der Waals surface area contributed by atoms with Crippen LogP contribution in [0.15, 0.2) is 0 Å². The number of hydrogen-bond donors (Lipinski definition) is 1. The van der Waals surface area contributed by atoms with E-state index in [0.717, 1.165) is 26.2 Å². The first-order valence-corrected chi connectivity index (χ1v) is 5.24. The van der Waals surface area contributed by atoms with Crippen LogP contribution < -0.4 is 0 Å². The van der Waals surface area contributed by atoms with Crippen molar-refractivity contribution in [1.29, 1.82) is 0 Å². The minimum atomic E-state index is 0.286. The molecule has 0 radical (unpaired) electrons. The second-order valence-corrected chi connectivity index (χ2v) is 4.20. The van der Waals surface area contributed by atoms with E-state index in [0.29, 0.717) is 12.1 Å². The Bertz CT molecular complexity index is 150. The molecular weight excluding hydrogens is 164 g/mol. The molecule has 0 amide bonds. The van der Waals surface area contributed by atoms with E-state index in [1.165, 1.54) is 0 Å². The Kier molecular flexibility index (Phi) is 4.16. The maximum atomic E-state index is 8.82. The molecule has 3 heteroatoms. The standard InChI is InChI=1S/C10H22N2O/c1-9(2)12-5-4-11(6-7-13)8-10(12)3/h9-10,13H,4-8H2,1-3H3. The van der Waals surface area contributed by atoms with Gasteiger partial charge in [-0.1, -0.05) is 0 Å². The first-order chi connectivity index (χ1) is 6.15. The van der Waals surface area contributed by atoms with E-state index >= 15 is 0 Å². The van der Waals surface area contributed by atoms with Gasteiger partial charge in [-0.15, -0.1) is 0 Å². The van der Waals surface area contributed by atoms with Crippen molar-refractivity contribution in [2.75, 3.05) is 32.8 Å². The third-order valence-corrected chi connectivity index (χ3v) is 2.84. The van der Waals surface area contributed by atoms with Crippen LogP contribution in [0.2, 0.25) is 0 Å². The highest BCUT2D eigenvalue weighted by Crippen LogP contribution is 2.11. The Balaban J connectivity index is 2.37. The normalized spacial score (nSPS) is 27.0. The Hall–Kier alpha value is -0.120. The summed E-state index contributed by atoms with van der Waals surface area (Å²) in [4.78, 5) is 4.86. The van der Waals surface area contributed by atoms with Gasteiger partial charge in [-0.25, -0.2) is 0 Å². The van der Waals surface area contributed by atoms with Crippen LogP contribution in [0, 0.1) is 0 Å². The fourth-order valence-corrected chi connectivity index (χ4v) is 2.16. The van der Waals surface area contributed by atoms with E-state index in [4.69, 9.17) is 5.11 Å². The minimum Gasteiger partial charge on any atom is -0.395 e. The van der Waals surface area contributed by atoms with Crippen LogP contribution in [0.5, 0.6) is 0 Å². The van der Waals surface area contributed by atoms with E-state index in [1.807, 2.05) is 0 Å². The Morgan fingerprint density at radius 2 is 2.08 bits per heavy atom. The van der Waals surface area contributed by atoms with Gasteiger partial charge >= 0.3 is 0 Å². The van der Waals surface area contributed by atoms with Crippen LogP contribution in [0.4, 0.5) is 0 Å². The van der Waals surface area contributed by atoms with E-state index in [9.17, 15) is 0 Å². The average Bonchev–Trinajstić information content (AvgIpc) is 2.04. The molecule has 1 rings (SSSR count). The van der Waals surface area contributed by atoms with Crippen molar-refractivity contribution in [3.63, 3.8) is 0 Å². The summed E-state index contributed by atoms with van der Waals surface area (Å²) in [5, 5.41) is 8.82. The van der Waals surface area contributed by atoms with Gasteiger partial charge in [0.05, 0.1) is 6.61 Å². The van der Waals surface area contributed by atoms with Crippen molar-refractivity contribution in [2.45, 2.75) is 32.9 Å². The summed E-state index contributed by atoms with van der Waals surface area (Å²) in [6.45, 7) is 11.2. The highest BCUT2D eigenvalue weighted by Gasteiger charge is 2.24. The largest absolute Gasteiger partial charge is 0.395 e. The molecule has 1 aliphatic heterocycles. The molecule has 1 atom stereocenters. The molecule has 0 saturated carbocycles. The van der Waals surface area contributed by atoms with Crippen molar-refractivity contribution >= 4 is 0 Å². The Labute approximate surface area is 81.3 Å². The molecule has 0 aliphatic carbocycles. The van der Waals surface area contributed by atoms with Crippen molar-refractivity contribution in [3.8, 4) is 0 Å². The first kappa shape index (κ1) is 11.0.